The molecule has 0 unspecified atom stereocenters. The van der Waals surface area contributed by atoms with Crippen LogP contribution in [0, 0.1) is 5.82 Å². The highest BCUT2D eigenvalue weighted by atomic mass is 32.2. The van der Waals surface area contributed by atoms with E-state index in [-0.39, 0.29) is 18.0 Å². The monoisotopic (exact) mass is 261 g/mol. The molecule has 0 spiro atoms. The van der Waals surface area contributed by atoms with E-state index in [2.05, 4.69) is 5.32 Å². The van der Waals surface area contributed by atoms with E-state index in [1.165, 1.54) is 26.2 Å². The van der Waals surface area contributed by atoms with E-state index in [0.29, 0.717) is 5.69 Å². The van der Waals surface area contributed by atoms with Crippen molar-refractivity contribution >= 4 is 21.4 Å². The summed E-state index contributed by atoms with van der Waals surface area (Å²) in [6, 6.07) is 4.35. The molecule has 0 radical (unpaired) electrons. The smallest absolute Gasteiger partial charge is 0.215 e. The number of nitrogens with zero attached hydrogens (tertiary/aromatic N) is 1. The standard InChI is InChI=1S/C10H16FN3O2S/c1-14(2)17(15,16)7-6-13-9-5-3-4-8(11)10(9)12/h3-5,13H,6-7,12H2,1-2H3. The molecule has 96 valence electrons. The Morgan fingerprint density at radius 3 is 2.65 bits per heavy atom. The van der Waals surface area contributed by atoms with Crippen LogP contribution in [0.15, 0.2) is 18.2 Å². The minimum atomic E-state index is -3.26. The fraction of sp³-hybridized carbons (Fsp3) is 0.400. The largest absolute Gasteiger partial charge is 0.395 e. The van der Waals surface area contributed by atoms with Crippen LogP contribution < -0.4 is 11.1 Å². The van der Waals surface area contributed by atoms with Crippen molar-refractivity contribution in [1.82, 2.24) is 4.31 Å². The molecule has 1 aromatic carbocycles. The first-order valence-electron chi connectivity index (χ1n) is 5.02. The SMILES string of the molecule is CN(C)S(=O)(=O)CCNc1cccc(F)c1N. The minimum absolute atomic E-state index is 0.00486. The number of hydrogen-bond donors (Lipinski definition) is 2. The second-order valence-electron chi connectivity index (χ2n) is 3.73. The van der Waals surface area contributed by atoms with Crippen molar-refractivity contribution < 1.29 is 12.8 Å². The number of hydrogen-bond acceptors (Lipinski definition) is 4. The van der Waals surface area contributed by atoms with Crippen molar-refractivity contribution in [2.24, 2.45) is 0 Å². The molecule has 7 heteroatoms. The van der Waals surface area contributed by atoms with Gasteiger partial charge < -0.3 is 11.1 Å². The molecule has 3 N–H and O–H groups in total. The van der Waals surface area contributed by atoms with Gasteiger partial charge in [0.2, 0.25) is 10.0 Å². The lowest BCUT2D eigenvalue weighted by atomic mass is 10.2. The van der Waals surface area contributed by atoms with Gasteiger partial charge in [-0.05, 0) is 12.1 Å². The minimum Gasteiger partial charge on any atom is -0.395 e. The highest BCUT2D eigenvalue weighted by Crippen LogP contribution is 2.20. The van der Waals surface area contributed by atoms with E-state index in [4.69, 9.17) is 5.73 Å². The number of halogens is 1. The second kappa shape index (κ2) is 5.33. The van der Waals surface area contributed by atoms with Crippen molar-refractivity contribution in [2.75, 3.05) is 37.4 Å². The Morgan fingerprint density at radius 2 is 2.06 bits per heavy atom. The predicted octanol–water partition coefficient (Wildman–Crippen LogP) is 0.711. The molecule has 0 aromatic heterocycles. The summed E-state index contributed by atoms with van der Waals surface area (Å²) in [5.74, 6) is -0.596. The summed E-state index contributed by atoms with van der Waals surface area (Å²) in [5, 5.41) is 2.79. The maximum atomic E-state index is 13.1. The zero-order valence-corrected chi connectivity index (χ0v) is 10.6. The third-order valence-electron chi connectivity index (χ3n) is 2.28. The van der Waals surface area contributed by atoms with Crippen molar-refractivity contribution in [3.05, 3.63) is 24.0 Å². The molecule has 0 aliphatic carbocycles. The summed E-state index contributed by atoms with van der Waals surface area (Å²) >= 11 is 0. The number of anilines is 2. The average molecular weight is 261 g/mol. The highest BCUT2D eigenvalue weighted by molar-refractivity contribution is 7.89. The fourth-order valence-electron chi connectivity index (χ4n) is 1.19. The van der Waals surface area contributed by atoms with Crippen LogP contribution in [0.3, 0.4) is 0 Å². The lowest BCUT2D eigenvalue weighted by Gasteiger charge is -2.13. The van der Waals surface area contributed by atoms with Crippen molar-refractivity contribution in [2.45, 2.75) is 0 Å². The van der Waals surface area contributed by atoms with Gasteiger partial charge in [-0.1, -0.05) is 6.07 Å². The molecule has 0 atom stereocenters. The summed E-state index contributed by atoms with van der Waals surface area (Å²) in [4.78, 5) is 0. The van der Waals surface area contributed by atoms with E-state index in [1.807, 2.05) is 0 Å². The summed E-state index contributed by atoms with van der Waals surface area (Å²) in [7, 11) is -0.327. The van der Waals surface area contributed by atoms with Crippen LogP contribution in [0.1, 0.15) is 0 Å². The molecular weight excluding hydrogens is 245 g/mol. The van der Waals surface area contributed by atoms with Crippen LogP contribution in [0.5, 0.6) is 0 Å². The van der Waals surface area contributed by atoms with Crippen molar-refractivity contribution in [3.8, 4) is 0 Å². The Morgan fingerprint density at radius 1 is 1.41 bits per heavy atom. The number of sulfonamides is 1. The Balaban J connectivity index is 2.61. The van der Waals surface area contributed by atoms with E-state index in [1.54, 1.807) is 6.07 Å². The lowest BCUT2D eigenvalue weighted by molar-refractivity contribution is 0.521. The second-order valence-corrected chi connectivity index (χ2v) is 6.03. The fourth-order valence-corrected chi connectivity index (χ4v) is 1.91. The maximum Gasteiger partial charge on any atom is 0.215 e. The first-order chi connectivity index (χ1) is 7.84. The van der Waals surface area contributed by atoms with Gasteiger partial charge in [-0.25, -0.2) is 17.1 Å². The van der Waals surface area contributed by atoms with Crippen molar-refractivity contribution in [1.29, 1.82) is 0 Å². The predicted molar refractivity (Wildman–Crippen MR) is 66.8 cm³/mol. The normalized spacial score (nSPS) is 11.8. The zero-order valence-electron chi connectivity index (χ0n) is 9.77. The lowest BCUT2D eigenvalue weighted by Crippen LogP contribution is -2.28. The Bertz CT molecular complexity index is 488. The molecule has 0 aliphatic rings. The van der Waals surface area contributed by atoms with Crippen LogP contribution in [-0.4, -0.2) is 39.1 Å². The summed E-state index contributed by atoms with van der Waals surface area (Å²) in [6.07, 6.45) is 0. The summed E-state index contributed by atoms with van der Waals surface area (Å²) in [5.41, 5.74) is 5.89. The molecular formula is C10H16FN3O2S. The van der Waals surface area contributed by atoms with Crippen LogP contribution in [0.2, 0.25) is 0 Å². The maximum absolute atomic E-state index is 13.1. The molecule has 5 nitrogen and oxygen atoms in total. The zero-order chi connectivity index (χ0) is 13.1. The van der Waals surface area contributed by atoms with Gasteiger partial charge in [0, 0.05) is 20.6 Å². The van der Waals surface area contributed by atoms with E-state index in [0.717, 1.165) is 4.31 Å². The third-order valence-corrected chi connectivity index (χ3v) is 4.12. The number of para-hydroxylation sites is 1. The molecule has 0 heterocycles. The van der Waals surface area contributed by atoms with Gasteiger partial charge in [-0.3, -0.25) is 0 Å². The van der Waals surface area contributed by atoms with Crippen LogP contribution >= 0.6 is 0 Å². The van der Waals surface area contributed by atoms with Crippen LogP contribution in [0.25, 0.3) is 0 Å². The molecule has 1 aromatic rings. The van der Waals surface area contributed by atoms with E-state index >= 15 is 0 Å². The Kier molecular flexibility index (Phi) is 4.30. The molecule has 0 amide bonds. The van der Waals surface area contributed by atoms with Crippen LogP contribution in [0.4, 0.5) is 15.8 Å². The number of rotatable bonds is 5. The number of nitrogen functional groups attached to an aromatic ring is 1. The average Bonchev–Trinajstić information content (AvgIpc) is 2.24. The molecule has 0 bridgehead atoms. The first-order valence-corrected chi connectivity index (χ1v) is 6.63. The van der Waals surface area contributed by atoms with Crippen LogP contribution in [-0.2, 0) is 10.0 Å². The molecule has 0 saturated heterocycles. The highest BCUT2D eigenvalue weighted by Gasteiger charge is 2.13. The summed E-state index contributed by atoms with van der Waals surface area (Å²) in [6.45, 7) is 0.175. The Labute approximate surface area is 100 Å². The van der Waals surface area contributed by atoms with Gasteiger partial charge in [0.1, 0.15) is 5.82 Å². The van der Waals surface area contributed by atoms with Gasteiger partial charge in [0.15, 0.2) is 0 Å². The van der Waals surface area contributed by atoms with Gasteiger partial charge >= 0.3 is 0 Å². The van der Waals surface area contributed by atoms with E-state index < -0.39 is 15.8 Å². The quantitative estimate of drug-likeness (QED) is 0.765. The van der Waals surface area contributed by atoms with Crippen molar-refractivity contribution in [3.63, 3.8) is 0 Å². The molecule has 0 fully saturated rings. The number of benzene rings is 1. The third kappa shape index (κ3) is 3.57. The van der Waals surface area contributed by atoms with E-state index in [9.17, 15) is 12.8 Å². The first kappa shape index (κ1) is 13.7. The molecule has 0 saturated carbocycles. The molecule has 0 aliphatic heterocycles. The molecule has 17 heavy (non-hydrogen) atoms. The number of nitrogens with two attached hydrogens (primary N) is 1. The Hall–Kier alpha value is -1.34. The van der Waals surface area contributed by atoms with Gasteiger partial charge in [0.25, 0.3) is 0 Å². The summed E-state index contributed by atoms with van der Waals surface area (Å²) < 4.78 is 37.1. The topological polar surface area (TPSA) is 75.4 Å². The van der Waals surface area contributed by atoms with Gasteiger partial charge in [-0.2, -0.15) is 0 Å². The van der Waals surface area contributed by atoms with Gasteiger partial charge in [-0.15, -0.1) is 0 Å². The molecule has 1 rings (SSSR count). The number of nitrogens with one attached hydrogen (secondary N) is 1. The van der Waals surface area contributed by atoms with Gasteiger partial charge in [0.05, 0.1) is 17.1 Å².